The van der Waals surface area contributed by atoms with Crippen molar-refractivity contribution < 1.29 is 9.53 Å². The number of nitrogens with one attached hydrogen (secondary N) is 1. The zero-order valence-corrected chi connectivity index (χ0v) is 8.53. The monoisotopic (exact) mass is 199 g/mol. The highest BCUT2D eigenvalue weighted by molar-refractivity contribution is 5.69. The van der Waals surface area contributed by atoms with Crippen LogP contribution >= 0.6 is 0 Å². The number of amides is 1. The number of carbonyl (C=O) groups is 1. The lowest BCUT2D eigenvalue weighted by Gasteiger charge is -2.36. The number of rotatable bonds is 2. The van der Waals surface area contributed by atoms with Crippen LogP contribution in [0.5, 0.6) is 0 Å². The van der Waals surface area contributed by atoms with Gasteiger partial charge in [-0.3, -0.25) is 9.80 Å². The van der Waals surface area contributed by atoms with Crippen LogP contribution in [0.1, 0.15) is 6.92 Å². The summed E-state index contributed by atoms with van der Waals surface area (Å²) in [5.74, 6) is 0. The molecule has 80 valence electrons. The van der Waals surface area contributed by atoms with E-state index >= 15 is 0 Å². The Hall–Kier alpha value is -0.810. The first-order valence-electron chi connectivity index (χ1n) is 5.17. The van der Waals surface area contributed by atoms with E-state index in [1.54, 1.807) is 4.90 Å². The van der Waals surface area contributed by atoms with Crippen molar-refractivity contribution in [2.24, 2.45) is 0 Å². The lowest BCUT2D eigenvalue weighted by Crippen LogP contribution is -2.53. The minimum atomic E-state index is -0.170. The summed E-state index contributed by atoms with van der Waals surface area (Å²) in [6.45, 7) is 7.35. The molecule has 2 aliphatic heterocycles. The smallest absolute Gasteiger partial charge is 0.411 e. The summed E-state index contributed by atoms with van der Waals surface area (Å²) in [4.78, 5) is 15.4. The normalized spacial score (nSPS) is 26.4. The highest BCUT2D eigenvalue weighted by Gasteiger charge is 2.30. The Morgan fingerprint density at radius 1 is 1.36 bits per heavy atom. The van der Waals surface area contributed by atoms with Crippen LogP contribution in [0.4, 0.5) is 4.79 Å². The summed E-state index contributed by atoms with van der Waals surface area (Å²) < 4.78 is 4.92. The molecule has 1 atom stereocenters. The molecule has 1 unspecified atom stereocenters. The van der Waals surface area contributed by atoms with Crippen LogP contribution in [0, 0.1) is 0 Å². The molecule has 5 heteroatoms. The Labute approximate surface area is 84.0 Å². The predicted molar refractivity (Wildman–Crippen MR) is 52.0 cm³/mol. The van der Waals surface area contributed by atoms with E-state index in [0.29, 0.717) is 6.61 Å². The van der Waals surface area contributed by atoms with Gasteiger partial charge in [0.15, 0.2) is 0 Å². The van der Waals surface area contributed by atoms with Crippen molar-refractivity contribution in [3.63, 3.8) is 0 Å². The van der Waals surface area contributed by atoms with Gasteiger partial charge in [-0.2, -0.15) is 0 Å². The van der Waals surface area contributed by atoms with E-state index < -0.39 is 0 Å². The van der Waals surface area contributed by atoms with Gasteiger partial charge in [-0.1, -0.05) is 0 Å². The molecule has 2 saturated heterocycles. The second kappa shape index (κ2) is 4.14. The molecule has 0 bridgehead atoms. The molecule has 0 spiro atoms. The first-order valence-corrected chi connectivity index (χ1v) is 5.17. The fourth-order valence-corrected chi connectivity index (χ4v) is 2.00. The van der Waals surface area contributed by atoms with Crippen LogP contribution in [0.15, 0.2) is 0 Å². The molecule has 1 N–H and O–H groups in total. The Morgan fingerprint density at radius 2 is 2.07 bits per heavy atom. The Kier molecular flexibility index (Phi) is 2.88. The number of ether oxygens (including phenoxy) is 1. The highest BCUT2D eigenvalue weighted by atomic mass is 16.6. The molecule has 14 heavy (non-hydrogen) atoms. The molecule has 0 radical (unpaired) electrons. The number of carbonyl (C=O) groups excluding carboxylic acids is 1. The minimum absolute atomic E-state index is 0.170. The summed E-state index contributed by atoms with van der Waals surface area (Å²) in [6.07, 6.45) is 0.00290. The average Bonchev–Trinajstić information content (AvgIpc) is 2.65. The van der Waals surface area contributed by atoms with Crippen molar-refractivity contribution >= 4 is 6.09 Å². The molecule has 2 rings (SSSR count). The largest absolute Gasteiger partial charge is 0.447 e. The van der Waals surface area contributed by atoms with Crippen molar-refractivity contribution in [3.8, 4) is 0 Å². The van der Waals surface area contributed by atoms with E-state index in [9.17, 15) is 4.79 Å². The van der Waals surface area contributed by atoms with Crippen molar-refractivity contribution in [2.45, 2.75) is 13.1 Å². The SMILES string of the molecule is CC(N1CCNCC1)N1CCOC1=O. The first kappa shape index (κ1) is 9.73. The number of piperazine rings is 1. The first-order chi connectivity index (χ1) is 6.79. The van der Waals surface area contributed by atoms with Crippen LogP contribution in [0.2, 0.25) is 0 Å². The number of hydrogen-bond acceptors (Lipinski definition) is 4. The van der Waals surface area contributed by atoms with E-state index in [1.807, 2.05) is 0 Å². The third-order valence-corrected chi connectivity index (χ3v) is 2.92. The number of hydrogen-bond donors (Lipinski definition) is 1. The quantitative estimate of drug-likeness (QED) is 0.662. The molecule has 2 heterocycles. The summed E-state index contributed by atoms with van der Waals surface area (Å²) in [5.41, 5.74) is 0. The molecular weight excluding hydrogens is 182 g/mol. The molecule has 0 aliphatic carbocycles. The summed E-state index contributed by atoms with van der Waals surface area (Å²) in [6, 6.07) is 0. The zero-order chi connectivity index (χ0) is 9.97. The second-order valence-corrected chi connectivity index (χ2v) is 3.73. The van der Waals surface area contributed by atoms with E-state index in [2.05, 4.69) is 17.1 Å². The van der Waals surface area contributed by atoms with Gasteiger partial charge in [-0.25, -0.2) is 4.79 Å². The van der Waals surface area contributed by atoms with Gasteiger partial charge in [0.05, 0.1) is 12.7 Å². The third kappa shape index (κ3) is 1.83. The van der Waals surface area contributed by atoms with Gasteiger partial charge in [0.2, 0.25) is 0 Å². The lowest BCUT2D eigenvalue weighted by molar-refractivity contribution is 0.0719. The van der Waals surface area contributed by atoms with Crippen LogP contribution in [-0.4, -0.2) is 61.4 Å². The maximum absolute atomic E-state index is 11.3. The maximum Gasteiger partial charge on any atom is 0.411 e. The maximum atomic E-state index is 11.3. The van der Waals surface area contributed by atoms with Crippen molar-refractivity contribution in [1.29, 1.82) is 0 Å². The molecule has 0 aromatic carbocycles. The fourth-order valence-electron chi connectivity index (χ4n) is 2.00. The van der Waals surface area contributed by atoms with Gasteiger partial charge in [0.25, 0.3) is 0 Å². The molecule has 2 aliphatic rings. The summed E-state index contributed by atoms with van der Waals surface area (Å²) in [5, 5.41) is 3.30. The molecule has 1 amide bonds. The van der Waals surface area contributed by atoms with Crippen molar-refractivity contribution in [1.82, 2.24) is 15.1 Å². The van der Waals surface area contributed by atoms with Crippen molar-refractivity contribution in [3.05, 3.63) is 0 Å². The fraction of sp³-hybridized carbons (Fsp3) is 0.889. The lowest BCUT2D eigenvalue weighted by atomic mass is 10.3. The second-order valence-electron chi connectivity index (χ2n) is 3.73. The summed E-state index contributed by atoms with van der Waals surface area (Å²) in [7, 11) is 0. The van der Waals surface area contributed by atoms with Gasteiger partial charge in [0.1, 0.15) is 6.61 Å². The van der Waals surface area contributed by atoms with E-state index in [1.165, 1.54) is 0 Å². The zero-order valence-electron chi connectivity index (χ0n) is 8.53. The van der Waals surface area contributed by atoms with Gasteiger partial charge >= 0.3 is 6.09 Å². The van der Waals surface area contributed by atoms with Crippen LogP contribution in [0.25, 0.3) is 0 Å². The van der Waals surface area contributed by atoms with Gasteiger partial charge in [0, 0.05) is 26.2 Å². The minimum Gasteiger partial charge on any atom is -0.447 e. The standard InChI is InChI=1S/C9H17N3O2/c1-8(11-4-2-10-3-5-11)12-6-7-14-9(12)13/h8,10H,2-7H2,1H3. The van der Waals surface area contributed by atoms with Gasteiger partial charge in [-0.05, 0) is 6.92 Å². The van der Waals surface area contributed by atoms with Crippen molar-refractivity contribution in [2.75, 3.05) is 39.3 Å². The molecule has 0 aromatic heterocycles. The molecular formula is C9H17N3O2. The molecule has 0 aromatic rings. The molecule has 0 saturated carbocycles. The van der Waals surface area contributed by atoms with E-state index in [-0.39, 0.29) is 12.3 Å². The topological polar surface area (TPSA) is 44.8 Å². The van der Waals surface area contributed by atoms with Crippen LogP contribution in [-0.2, 0) is 4.74 Å². The third-order valence-electron chi connectivity index (χ3n) is 2.92. The average molecular weight is 199 g/mol. The Morgan fingerprint density at radius 3 is 2.64 bits per heavy atom. The van der Waals surface area contributed by atoms with Gasteiger partial charge < -0.3 is 10.1 Å². The Bertz CT molecular complexity index is 216. The van der Waals surface area contributed by atoms with E-state index in [0.717, 1.165) is 32.7 Å². The molecule has 2 fully saturated rings. The molecule has 5 nitrogen and oxygen atoms in total. The van der Waals surface area contributed by atoms with Gasteiger partial charge in [-0.15, -0.1) is 0 Å². The Balaban J connectivity index is 1.92. The van der Waals surface area contributed by atoms with E-state index in [4.69, 9.17) is 4.74 Å². The van der Waals surface area contributed by atoms with Crippen LogP contribution < -0.4 is 5.32 Å². The predicted octanol–water partition coefficient (Wildman–Crippen LogP) is -0.310. The highest BCUT2D eigenvalue weighted by Crippen LogP contribution is 2.12. The van der Waals surface area contributed by atoms with Crippen LogP contribution in [0.3, 0.4) is 0 Å². The number of cyclic esters (lactones) is 1. The summed E-state index contributed by atoms with van der Waals surface area (Å²) >= 11 is 0. The number of nitrogens with zero attached hydrogens (tertiary/aromatic N) is 2.